The summed E-state index contributed by atoms with van der Waals surface area (Å²) in [6.45, 7) is 6.20. The number of carbonyl (C=O) groups is 3. The number of aryl methyl sites for hydroxylation is 1. The van der Waals surface area contributed by atoms with Crippen LogP contribution in [0.15, 0.2) is 48.5 Å². The van der Waals surface area contributed by atoms with Gasteiger partial charge in [0, 0.05) is 39.0 Å². The standard InChI is InChI=1S/C26H33N3O3/c1-3-13-28-14-15-29(25(31)12-11-24(27)30)18-23(26(28)32)17-20-7-9-21(10-8-20)22-6-4-5-19(2)16-22/h4-10,16,23H,3,11-15,17-18H2,1-2H3,(H2,27,30). The highest BCUT2D eigenvalue weighted by atomic mass is 16.2. The van der Waals surface area contributed by atoms with E-state index in [0.29, 0.717) is 32.6 Å². The van der Waals surface area contributed by atoms with Crippen LogP contribution in [0.25, 0.3) is 11.1 Å². The summed E-state index contributed by atoms with van der Waals surface area (Å²) in [7, 11) is 0. The Kier molecular flexibility index (Phi) is 8.03. The molecule has 1 fully saturated rings. The van der Waals surface area contributed by atoms with Crippen LogP contribution in [0.4, 0.5) is 0 Å². The first-order valence-corrected chi connectivity index (χ1v) is 11.4. The molecule has 3 rings (SSSR count). The van der Waals surface area contributed by atoms with E-state index in [9.17, 15) is 14.4 Å². The van der Waals surface area contributed by atoms with Crippen molar-refractivity contribution in [1.29, 1.82) is 0 Å². The molecule has 32 heavy (non-hydrogen) atoms. The lowest BCUT2D eigenvalue weighted by atomic mass is 9.95. The van der Waals surface area contributed by atoms with Gasteiger partial charge in [-0.15, -0.1) is 0 Å². The van der Waals surface area contributed by atoms with E-state index in [4.69, 9.17) is 5.73 Å². The second-order valence-corrected chi connectivity index (χ2v) is 8.60. The summed E-state index contributed by atoms with van der Waals surface area (Å²) in [5, 5.41) is 0. The number of primary amides is 1. The third-order valence-electron chi connectivity index (χ3n) is 5.96. The van der Waals surface area contributed by atoms with E-state index in [1.165, 1.54) is 11.1 Å². The maximum absolute atomic E-state index is 13.2. The lowest BCUT2D eigenvalue weighted by Crippen LogP contribution is -2.38. The maximum atomic E-state index is 13.2. The lowest BCUT2D eigenvalue weighted by Gasteiger charge is -2.24. The summed E-state index contributed by atoms with van der Waals surface area (Å²) in [6.07, 6.45) is 1.58. The first-order chi connectivity index (χ1) is 15.4. The van der Waals surface area contributed by atoms with Crippen molar-refractivity contribution in [3.05, 3.63) is 59.7 Å². The Hall–Kier alpha value is -3.15. The molecule has 0 bridgehead atoms. The van der Waals surface area contributed by atoms with Gasteiger partial charge in [0.15, 0.2) is 0 Å². The van der Waals surface area contributed by atoms with Gasteiger partial charge in [-0.25, -0.2) is 0 Å². The smallest absolute Gasteiger partial charge is 0.227 e. The number of nitrogens with zero attached hydrogens (tertiary/aromatic N) is 2. The zero-order valence-electron chi connectivity index (χ0n) is 19.0. The second kappa shape index (κ2) is 10.9. The molecule has 1 heterocycles. The van der Waals surface area contributed by atoms with Gasteiger partial charge in [-0.3, -0.25) is 14.4 Å². The van der Waals surface area contributed by atoms with Gasteiger partial charge >= 0.3 is 0 Å². The summed E-state index contributed by atoms with van der Waals surface area (Å²) in [5.74, 6) is -0.803. The predicted molar refractivity (Wildman–Crippen MR) is 126 cm³/mol. The van der Waals surface area contributed by atoms with Gasteiger partial charge in [-0.1, -0.05) is 61.0 Å². The second-order valence-electron chi connectivity index (χ2n) is 8.60. The van der Waals surface area contributed by atoms with Crippen LogP contribution in [0.5, 0.6) is 0 Å². The van der Waals surface area contributed by atoms with Gasteiger partial charge in [0.25, 0.3) is 0 Å². The van der Waals surface area contributed by atoms with Crippen LogP contribution in [0.1, 0.15) is 37.3 Å². The van der Waals surface area contributed by atoms with Gasteiger partial charge in [0.05, 0.1) is 5.92 Å². The van der Waals surface area contributed by atoms with Crippen molar-refractivity contribution in [3.8, 4) is 11.1 Å². The zero-order chi connectivity index (χ0) is 23.1. The number of benzene rings is 2. The minimum atomic E-state index is -0.484. The summed E-state index contributed by atoms with van der Waals surface area (Å²) >= 11 is 0. The molecule has 2 aromatic carbocycles. The number of nitrogens with two attached hydrogens (primary N) is 1. The minimum absolute atomic E-state index is 0.0348. The number of hydrogen-bond donors (Lipinski definition) is 1. The van der Waals surface area contributed by atoms with Crippen molar-refractivity contribution < 1.29 is 14.4 Å². The van der Waals surface area contributed by atoms with E-state index in [-0.39, 0.29) is 30.6 Å². The van der Waals surface area contributed by atoms with E-state index in [1.54, 1.807) is 4.90 Å². The molecule has 0 radical (unpaired) electrons. The average molecular weight is 436 g/mol. The van der Waals surface area contributed by atoms with Crippen LogP contribution in [-0.4, -0.2) is 53.7 Å². The molecular formula is C26H33N3O3. The molecule has 6 heteroatoms. The predicted octanol–water partition coefficient (Wildman–Crippen LogP) is 3.17. The van der Waals surface area contributed by atoms with E-state index in [2.05, 4.69) is 55.5 Å². The molecule has 2 N–H and O–H groups in total. The molecule has 2 aromatic rings. The normalized spacial score (nSPS) is 16.7. The third-order valence-corrected chi connectivity index (χ3v) is 5.96. The first kappa shape index (κ1) is 23.5. The monoisotopic (exact) mass is 435 g/mol. The zero-order valence-corrected chi connectivity index (χ0v) is 19.0. The van der Waals surface area contributed by atoms with Gasteiger partial charge in [0.2, 0.25) is 17.7 Å². The molecule has 6 nitrogen and oxygen atoms in total. The Morgan fingerprint density at radius 3 is 2.44 bits per heavy atom. The molecule has 1 saturated heterocycles. The lowest BCUT2D eigenvalue weighted by molar-refractivity contribution is -0.135. The summed E-state index contributed by atoms with van der Waals surface area (Å²) < 4.78 is 0. The molecule has 1 aliphatic heterocycles. The highest BCUT2D eigenvalue weighted by Crippen LogP contribution is 2.23. The molecular weight excluding hydrogens is 402 g/mol. The number of amides is 3. The Labute approximate surface area is 190 Å². The summed E-state index contributed by atoms with van der Waals surface area (Å²) in [6, 6.07) is 16.7. The molecule has 0 spiro atoms. The van der Waals surface area contributed by atoms with Crippen LogP contribution in [-0.2, 0) is 20.8 Å². The van der Waals surface area contributed by atoms with Gasteiger partial charge in [0.1, 0.15) is 0 Å². The number of rotatable bonds is 8. The van der Waals surface area contributed by atoms with E-state index >= 15 is 0 Å². The Morgan fingerprint density at radius 1 is 1.03 bits per heavy atom. The minimum Gasteiger partial charge on any atom is -0.370 e. The van der Waals surface area contributed by atoms with Crippen LogP contribution in [0.3, 0.4) is 0 Å². The number of carbonyl (C=O) groups excluding carboxylic acids is 3. The largest absolute Gasteiger partial charge is 0.370 e. The highest BCUT2D eigenvalue weighted by Gasteiger charge is 2.31. The van der Waals surface area contributed by atoms with Gasteiger partial charge in [-0.2, -0.15) is 0 Å². The molecule has 3 amide bonds. The van der Waals surface area contributed by atoms with Crippen molar-refractivity contribution in [1.82, 2.24) is 9.80 Å². The summed E-state index contributed by atoms with van der Waals surface area (Å²) in [5.41, 5.74) is 9.80. The van der Waals surface area contributed by atoms with Crippen LogP contribution in [0, 0.1) is 12.8 Å². The van der Waals surface area contributed by atoms with E-state index < -0.39 is 5.91 Å². The summed E-state index contributed by atoms with van der Waals surface area (Å²) in [4.78, 5) is 40.5. The molecule has 0 aliphatic carbocycles. The Balaban J connectivity index is 1.75. The third kappa shape index (κ3) is 6.19. The topological polar surface area (TPSA) is 83.7 Å². The van der Waals surface area contributed by atoms with Gasteiger partial charge < -0.3 is 15.5 Å². The molecule has 1 aliphatic rings. The quantitative estimate of drug-likeness (QED) is 0.691. The SMILES string of the molecule is CCCN1CCN(C(=O)CCC(N)=O)CC(Cc2ccc(-c3cccc(C)c3)cc2)C1=O. The Morgan fingerprint density at radius 2 is 1.78 bits per heavy atom. The first-order valence-electron chi connectivity index (χ1n) is 11.4. The van der Waals surface area contributed by atoms with Crippen LogP contribution < -0.4 is 5.73 Å². The molecule has 0 aromatic heterocycles. The average Bonchev–Trinajstić information content (AvgIpc) is 2.92. The number of hydrogen-bond acceptors (Lipinski definition) is 3. The van der Waals surface area contributed by atoms with Crippen molar-refractivity contribution in [2.24, 2.45) is 11.7 Å². The van der Waals surface area contributed by atoms with Crippen molar-refractivity contribution in [2.45, 2.75) is 39.5 Å². The van der Waals surface area contributed by atoms with Crippen molar-refractivity contribution >= 4 is 17.7 Å². The van der Waals surface area contributed by atoms with E-state index in [1.807, 2.05) is 11.8 Å². The fourth-order valence-electron chi connectivity index (χ4n) is 4.25. The fraction of sp³-hybridized carbons (Fsp3) is 0.423. The fourth-order valence-corrected chi connectivity index (χ4v) is 4.25. The van der Waals surface area contributed by atoms with Crippen molar-refractivity contribution in [2.75, 3.05) is 26.2 Å². The van der Waals surface area contributed by atoms with Gasteiger partial charge in [-0.05, 0) is 36.5 Å². The molecule has 0 saturated carbocycles. The van der Waals surface area contributed by atoms with Crippen LogP contribution in [0.2, 0.25) is 0 Å². The highest BCUT2D eigenvalue weighted by molar-refractivity contribution is 5.85. The van der Waals surface area contributed by atoms with Crippen molar-refractivity contribution in [3.63, 3.8) is 0 Å². The molecule has 1 atom stereocenters. The Bertz CT molecular complexity index is 955. The van der Waals surface area contributed by atoms with E-state index in [0.717, 1.165) is 17.5 Å². The van der Waals surface area contributed by atoms with Crippen LogP contribution >= 0.6 is 0 Å². The molecule has 1 unspecified atom stereocenters. The molecule has 170 valence electrons. The maximum Gasteiger partial charge on any atom is 0.227 e.